The van der Waals surface area contributed by atoms with Crippen LogP contribution in [0, 0.1) is 40.4 Å². The third kappa shape index (κ3) is 1.15. The first-order valence-electron chi connectivity index (χ1n) is 8.05. The van der Waals surface area contributed by atoms with Gasteiger partial charge >= 0.3 is 0 Å². The molecule has 1 saturated carbocycles. The normalized spacial score (nSPS) is 38.2. The first kappa shape index (κ1) is 15.1. The number of nitrogens with two attached hydrogens (primary N) is 1. The summed E-state index contributed by atoms with van der Waals surface area (Å²) in [6.07, 6.45) is 0.557. The largest absolute Gasteiger partial charge is 0.386 e. The molecule has 0 radical (unpaired) electrons. The second-order valence-electron chi connectivity index (χ2n) is 6.62. The fraction of sp³-hybridized carbons (Fsp3) is 0.500. The summed E-state index contributed by atoms with van der Waals surface area (Å²) in [6.45, 7) is 4.62. The maximum Gasteiger partial charge on any atom is 0.293 e. The van der Waals surface area contributed by atoms with Gasteiger partial charge in [0.1, 0.15) is 5.84 Å². The van der Waals surface area contributed by atoms with Gasteiger partial charge in [0.2, 0.25) is 0 Å². The van der Waals surface area contributed by atoms with Crippen LogP contribution in [0.4, 0.5) is 0 Å². The molecule has 0 unspecified atom stereocenters. The van der Waals surface area contributed by atoms with Crippen molar-refractivity contribution < 1.29 is 9.47 Å². The minimum absolute atomic E-state index is 0.135. The number of aryl methyl sites for hydroxylation is 1. The summed E-state index contributed by atoms with van der Waals surface area (Å²) >= 11 is 0. The van der Waals surface area contributed by atoms with Crippen molar-refractivity contribution in [3.63, 3.8) is 0 Å². The Kier molecular flexibility index (Phi) is 2.75. The van der Waals surface area contributed by atoms with Gasteiger partial charge in [-0.25, -0.2) is 4.99 Å². The van der Waals surface area contributed by atoms with E-state index in [0.29, 0.717) is 19.6 Å². The maximum absolute atomic E-state index is 10.2. The Labute approximate surface area is 140 Å². The molecule has 2 N–H and O–H groups in total. The van der Waals surface area contributed by atoms with Crippen LogP contribution in [0.3, 0.4) is 0 Å². The lowest BCUT2D eigenvalue weighted by Crippen LogP contribution is -2.42. The molecule has 4 rings (SSSR count). The topological polar surface area (TPSA) is 104 Å². The molecule has 1 saturated heterocycles. The van der Waals surface area contributed by atoms with E-state index < -0.39 is 22.2 Å². The molecular formula is C18H18N4O2. The van der Waals surface area contributed by atoms with E-state index in [-0.39, 0.29) is 5.84 Å². The first-order valence-corrected chi connectivity index (χ1v) is 8.05. The van der Waals surface area contributed by atoms with E-state index in [1.165, 1.54) is 0 Å². The van der Waals surface area contributed by atoms with Crippen molar-refractivity contribution in [3.05, 3.63) is 35.4 Å². The van der Waals surface area contributed by atoms with Gasteiger partial charge in [0.05, 0.1) is 30.8 Å². The standard InChI is InChI=1S/C18H18N4O2/c1-3-15(13-6-4-12(2)5-7-13)16(10-19)14(21)22-18(17(15,16)11-20)23-8-9-24-18/h4-7H,3,8-9H2,1-2H3,(H2,21,22)/t15-,16+,17-/m1/s1. The Balaban J connectivity index is 2.03. The van der Waals surface area contributed by atoms with Gasteiger partial charge in [0.15, 0.2) is 10.8 Å². The zero-order chi connectivity index (χ0) is 17.2. The van der Waals surface area contributed by atoms with Crippen LogP contribution in [0.2, 0.25) is 0 Å². The summed E-state index contributed by atoms with van der Waals surface area (Å²) in [4.78, 5) is 4.33. The lowest BCUT2D eigenvalue weighted by molar-refractivity contribution is -0.188. The van der Waals surface area contributed by atoms with Crippen LogP contribution < -0.4 is 5.73 Å². The highest BCUT2D eigenvalue weighted by molar-refractivity contribution is 6.02. The summed E-state index contributed by atoms with van der Waals surface area (Å²) < 4.78 is 11.6. The smallest absolute Gasteiger partial charge is 0.293 e. The van der Waals surface area contributed by atoms with E-state index in [4.69, 9.17) is 15.2 Å². The van der Waals surface area contributed by atoms with E-state index >= 15 is 0 Å². The second kappa shape index (κ2) is 4.36. The Bertz CT molecular complexity index is 828. The highest BCUT2D eigenvalue weighted by atomic mass is 16.8. The molecule has 2 heterocycles. The molecule has 0 bridgehead atoms. The number of amidine groups is 1. The molecule has 122 valence electrons. The highest BCUT2D eigenvalue weighted by Gasteiger charge is 3.01. The molecule has 1 aromatic rings. The molecular weight excluding hydrogens is 304 g/mol. The molecule has 6 heteroatoms. The summed E-state index contributed by atoms with van der Waals surface area (Å²) in [6, 6.07) is 12.6. The number of hydrogen-bond donors (Lipinski definition) is 1. The molecule has 1 aromatic carbocycles. The number of nitrogens with zero attached hydrogens (tertiary/aromatic N) is 3. The number of aliphatic imine (C=N–C) groups is 1. The van der Waals surface area contributed by atoms with Crippen LogP contribution in [-0.2, 0) is 14.9 Å². The van der Waals surface area contributed by atoms with Crippen molar-refractivity contribution in [2.24, 2.45) is 21.6 Å². The summed E-state index contributed by atoms with van der Waals surface area (Å²) in [7, 11) is 0. The van der Waals surface area contributed by atoms with Gasteiger partial charge in [0, 0.05) is 0 Å². The Morgan fingerprint density at radius 3 is 2.29 bits per heavy atom. The lowest BCUT2D eigenvalue weighted by atomic mass is 9.80. The minimum Gasteiger partial charge on any atom is -0.386 e. The van der Waals surface area contributed by atoms with Gasteiger partial charge in [-0.15, -0.1) is 0 Å². The predicted molar refractivity (Wildman–Crippen MR) is 85.5 cm³/mol. The highest BCUT2D eigenvalue weighted by Crippen LogP contribution is 2.86. The fourth-order valence-corrected chi connectivity index (χ4v) is 5.05. The Morgan fingerprint density at radius 2 is 1.79 bits per heavy atom. The van der Waals surface area contributed by atoms with E-state index in [0.717, 1.165) is 11.1 Å². The zero-order valence-electron chi connectivity index (χ0n) is 13.7. The molecule has 6 nitrogen and oxygen atoms in total. The number of rotatable bonds is 2. The van der Waals surface area contributed by atoms with Crippen LogP contribution in [0.25, 0.3) is 0 Å². The number of fused-ring (bicyclic) bond motifs is 2. The SMILES string of the molecule is CC[C@@]1(c2ccc(C)cc2)[C@]2(C#N)C(N)=NC3(OCCO3)[C@@]21C#N. The maximum atomic E-state index is 10.2. The van der Waals surface area contributed by atoms with Crippen molar-refractivity contribution >= 4 is 5.84 Å². The van der Waals surface area contributed by atoms with Crippen LogP contribution in [0.15, 0.2) is 29.3 Å². The van der Waals surface area contributed by atoms with E-state index in [2.05, 4.69) is 17.1 Å². The van der Waals surface area contributed by atoms with Crippen molar-refractivity contribution in [2.75, 3.05) is 13.2 Å². The first-order chi connectivity index (χ1) is 11.5. The van der Waals surface area contributed by atoms with Crippen molar-refractivity contribution in [2.45, 2.75) is 31.6 Å². The Hall–Kier alpha value is -2.41. The average molecular weight is 322 g/mol. The van der Waals surface area contributed by atoms with E-state index in [9.17, 15) is 10.5 Å². The van der Waals surface area contributed by atoms with Crippen molar-refractivity contribution in [1.29, 1.82) is 10.5 Å². The number of benzene rings is 1. The molecule has 0 aromatic heterocycles. The second-order valence-corrected chi connectivity index (χ2v) is 6.62. The average Bonchev–Trinajstić information content (AvgIpc) is 2.81. The molecule has 1 aliphatic carbocycles. The quantitative estimate of drug-likeness (QED) is 0.893. The molecule has 2 aliphatic heterocycles. The van der Waals surface area contributed by atoms with Gasteiger partial charge in [-0.3, -0.25) is 0 Å². The number of ether oxygens (including phenoxy) is 2. The molecule has 1 spiro atoms. The predicted octanol–water partition coefficient (Wildman–Crippen LogP) is 1.75. The van der Waals surface area contributed by atoms with Gasteiger partial charge < -0.3 is 15.2 Å². The monoisotopic (exact) mass is 322 g/mol. The summed E-state index contributed by atoms with van der Waals surface area (Å²) in [5.41, 5.74) is 4.92. The van der Waals surface area contributed by atoms with Gasteiger partial charge in [0.25, 0.3) is 5.91 Å². The van der Waals surface area contributed by atoms with Crippen LogP contribution in [0.1, 0.15) is 24.5 Å². The number of nitriles is 2. The zero-order valence-corrected chi connectivity index (χ0v) is 13.7. The molecule has 0 amide bonds. The van der Waals surface area contributed by atoms with Gasteiger partial charge in [-0.1, -0.05) is 36.8 Å². The summed E-state index contributed by atoms with van der Waals surface area (Å²) in [5.74, 6) is -1.35. The molecule has 3 aliphatic rings. The molecule has 3 atom stereocenters. The Morgan fingerprint density at radius 1 is 1.17 bits per heavy atom. The number of hydrogen-bond acceptors (Lipinski definition) is 6. The minimum atomic E-state index is -1.48. The van der Waals surface area contributed by atoms with Gasteiger partial charge in [-0.2, -0.15) is 10.5 Å². The lowest BCUT2D eigenvalue weighted by Gasteiger charge is -2.31. The fourth-order valence-electron chi connectivity index (χ4n) is 5.05. The molecule has 24 heavy (non-hydrogen) atoms. The van der Waals surface area contributed by atoms with Crippen LogP contribution >= 0.6 is 0 Å². The van der Waals surface area contributed by atoms with Crippen LogP contribution in [0.5, 0.6) is 0 Å². The van der Waals surface area contributed by atoms with E-state index in [1.807, 2.05) is 38.1 Å². The third-order valence-electron chi connectivity index (χ3n) is 5.99. The molecule has 2 fully saturated rings. The van der Waals surface area contributed by atoms with Gasteiger partial charge in [-0.05, 0) is 18.9 Å². The van der Waals surface area contributed by atoms with Crippen molar-refractivity contribution in [3.8, 4) is 12.1 Å². The van der Waals surface area contributed by atoms with Crippen LogP contribution in [-0.4, -0.2) is 25.0 Å². The van der Waals surface area contributed by atoms with Crippen molar-refractivity contribution in [1.82, 2.24) is 0 Å². The van der Waals surface area contributed by atoms with E-state index in [1.54, 1.807) is 0 Å². The third-order valence-corrected chi connectivity index (χ3v) is 5.99. The summed E-state index contributed by atoms with van der Waals surface area (Å²) in [5, 5.41) is 20.3.